The Labute approximate surface area is 120 Å². The van der Waals surface area contributed by atoms with Gasteiger partial charge in [-0.1, -0.05) is 32.4 Å². The van der Waals surface area contributed by atoms with Gasteiger partial charge in [-0.2, -0.15) is 0 Å². The van der Waals surface area contributed by atoms with Crippen LogP contribution in [0.4, 0.5) is 0 Å². The van der Waals surface area contributed by atoms with Crippen molar-refractivity contribution in [1.82, 2.24) is 10.2 Å². The van der Waals surface area contributed by atoms with Gasteiger partial charge in [0.25, 0.3) is 5.91 Å². The van der Waals surface area contributed by atoms with Crippen molar-refractivity contribution in [3.05, 3.63) is 34.9 Å². The second-order valence-corrected chi connectivity index (χ2v) is 5.25. The molecule has 1 atom stereocenters. The molecular formula is C16H22N2O2. The molecule has 0 spiro atoms. The van der Waals surface area contributed by atoms with Crippen molar-refractivity contribution in [2.75, 3.05) is 13.6 Å². The number of nitrogens with zero attached hydrogens (tertiary/aromatic N) is 1. The van der Waals surface area contributed by atoms with Crippen molar-refractivity contribution >= 4 is 11.8 Å². The fraction of sp³-hybridized carbons (Fsp3) is 0.500. The van der Waals surface area contributed by atoms with Gasteiger partial charge >= 0.3 is 0 Å². The Kier molecular flexibility index (Phi) is 4.55. The number of carbonyl (C=O) groups excluding carboxylic acids is 2. The number of benzene rings is 1. The van der Waals surface area contributed by atoms with Crippen molar-refractivity contribution in [1.29, 1.82) is 0 Å². The molecule has 1 N–H and O–H groups in total. The lowest BCUT2D eigenvalue weighted by Gasteiger charge is -2.25. The van der Waals surface area contributed by atoms with Gasteiger partial charge in [0.2, 0.25) is 5.91 Å². The SMILES string of the molecule is CCCC(NCC)c1ccc2c(c1)C(=O)N(C)C(=O)C2. The van der Waals surface area contributed by atoms with E-state index < -0.39 is 0 Å². The third-order valence-electron chi connectivity index (χ3n) is 3.81. The Balaban J connectivity index is 2.35. The highest BCUT2D eigenvalue weighted by Gasteiger charge is 2.28. The summed E-state index contributed by atoms with van der Waals surface area (Å²) in [6.45, 7) is 5.13. The predicted molar refractivity (Wildman–Crippen MR) is 78.6 cm³/mol. The molecule has 2 amide bonds. The molecule has 0 aliphatic carbocycles. The van der Waals surface area contributed by atoms with Crippen LogP contribution in [0.1, 0.15) is 54.2 Å². The number of amides is 2. The Bertz CT molecular complexity index is 519. The maximum Gasteiger partial charge on any atom is 0.260 e. The molecule has 4 heteroatoms. The smallest absolute Gasteiger partial charge is 0.260 e. The lowest BCUT2D eigenvalue weighted by atomic mass is 9.93. The average Bonchev–Trinajstić information content (AvgIpc) is 2.44. The van der Waals surface area contributed by atoms with Crippen molar-refractivity contribution in [3.63, 3.8) is 0 Å². The van der Waals surface area contributed by atoms with Gasteiger partial charge < -0.3 is 5.32 Å². The van der Waals surface area contributed by atoms with E-state index in [9.17, 15) is 9.59 Å². The topological polar surface area (TPSA) is 49.4 Å². The highest BCUT2D eigenvalue weighted by atomic mass is 16.2. The number of nitrogens with one attached hydrogen (secondary N) is 1. The quantitative estimate of drug-likeness (QED) is 0.838. The van der Waals surface area contributed by atoms with Crippen LogP contribution in [0.5, 0.6) is 0 Å². The van der Waals surface area contributed by atoms with Crippen LogP contribution in [-0.4, -0.2) is 30.3 Å². The molecule has 1 aromatic rings. The van der Waals surface area contributed by atoms with E-state index in [1.165, 1.54) is 4.90 Å². The van der Waals surface area contributed by atoms with Crippen LogP contribution in [0.2, 0.25) is 0 Å². The van der Waals surface area contributed by atoms with Crippen LogP contribution in [0.15, 0.2) is 18.2 Å². The maximum absolute atomic E-state index is 12.2. The Morgan fingerprint density at radius 1 is 1.30 bits per heavy atom. The molecule has 1 aliphatic heterocycles. The second kappa shape index (κ2) is 6.18. The van der Waals surface area contributed by atoms with Crippen molar-refractivity contribution in [2.24, 2.45) is 0 Å². The zero-order valence-electron chi connectivity index (χ0n) is 12.4. The number of hydrogen-bond acceptors (Lipinski definition) is 3. The lowest BCUT2D eigenvalue weighted by molar-refractivity contribution is -0.127. The van der Waals surface area contributed by atoms with Gasteiger partial charge in [0, 0.05) is 18.7 Å². The van der Waals surface area contributed by atoms with Gasteiger partial charge in [-0.3, -0.25) is 14.5 Å². The first-order valence-corrected chi connectivity index (χ1v) is 7.25. The lowest BCUT2D eigenvalue weighted by Crippen LogP contribution is -2.39. The molecule has 0 radical (unpaired) electrons. The van der Waals surface area contributed by atoms with Crippen LogP contribution in [0.3, 0.4) is 0 Å². The molecule has 1 aliphatic rings. The highest BCUT2D eigenvalue weighted by Crippen LogP contribution is 2.25. The largest absolute Gasteiger partial charge is 0.310 e. The fourth-order valence-electron chi connectivity index (χ4n) is 2.66. The summed E-state index contributed by atoms with van der Waals surface area (Å²) in [6, 6.07) is 6.18. The Morgan fingerprint density at radius 3 is 2.70 bits per heavy atom. The standard InChI is InChI=1S/C16H22N2O2/c1-4-6-14(17-5-2)12-8-7-11-10-15(19)18(3)16(20)13(11)9-12/h7-9,14,17H,4-6,10H2,1-3H3. The van der Waals surface area contributed by atoms with E-state index in [4.69, 9.17) is 0 Å². The van der Waals surface area contributed by atoms with E-state index in [-0.39, 0.29) is 17.9 Å². The molecule has 1 aromatic carbocycles. The summed E-state index contributed by atoms with van der Waals surface area (Å²) in [7, 11) is 1.55. The number of rotatable bonds is 5. The average molecular weight is 274 g/mol. The Hall–Kier alpha value is -1.68. The van der Waals surface area contributed by atoms with Crippen LogP contribution >= 0.6 is 0 Å². The summed E-state index contributed by atoms with van der Waals surface area (Å²) in [5.74, 6) is -0.322. The van der Waals surface area contributed by atoms with E-state index in [1.54, 1.807) is 7.05 Å². The number of fused-ring (bicyclic) bond motifs is 1. The van der Waals surface area contributed by atoms with Crippen LogP contribution < -0.4 is 5.32 Å². The van der Waals surface area contributed by atoms with E-state index >= 15 is 0 Å². The minimum absolute atomic E-state index is 0.132. The number of hydrogen-bond donors (Lipinski definition) is 1. The first-order valence-electron chi connectivity index (χ1n) is 7.25. The van der Waals surface area contributed by atoms with Gasteiger partial charge in [-0.25, -0.2) is 0 Å². The van der Waals surface area contributed by atoms with Crippen LogP contribution in [-0.2, 0) is 11.2 Å². The molecule has 0 bridgehead atoms. The van der Waals surface area contributed by atoms with Gasteiger partial charge in [0.05, 0.1) is 6.42 Å². The third-order valence-corrected chi connectivity index (χ3v) is 3.81. The normalized spacial score (nSPS) is 16.2. The van der Waals surface area contributed by atoms with Gasteiger partial charge in [0.15, 0.2) is 0 Å². The fourth-order valence-corrected chi connectivity index (χ4v) is 2.66. The number of carbonyl (C=O) groups is 2. The molecule has 1 unspecified atom stereocenters. The predicted octanol–water partition coefficient (Wildman–Crippen LogP) is 2.29. The summed E-state index contributed by atoms with van der Waals surface area (Å²) in [5, 5.41) is 3.45. The zero-order valence-corrected chi connectivity index (χ0v) is 12.4. The first kappa shape index (κ1) is 14.7. The van der Waals surface area contributed by atoms with E-state index in [2.05, 4.69) is 19.2 Å². The summed E-state index contributed by atoms with van der Waals surface area (Å²) >= 11 is 0. The van der Waals surface area contributed by atoms with E-state index in [0.29, 0.717) is 12.0 Å². The van der Waals surface area contributed by atoms with Crippen LogP contribution in [0, 0.1) is 0 Å². The molecule has 2 rings (SSSR count). The molecule has 4 nitrogen and oxygen atoms in total. The van der Waals surface area contributed by atoms with Gasteiger partial charge in [-0.15, -0.1) is 0 Å². The van der Waals surface area contributed by atoms with Crippen molar-refractivity contribution < 1.29 is 9.59 Å². The first-order chi connectivity index (χ1) is 9.58. The molecule has 0 aromatic heterocycles. The van der Waals surface area contributed by atoms with E-state index in [0.717, 1.165) is 30.5 Å². The highest BCUT2D eigenvalue weighted by molar-refractivity contribution is 6.09. The van der Waals surface area contributed by atoms with Crippen molar-refractivity contribution in [3.8, 4) is 0 Å². The van der Waals surface area contributed by atoms with Gasteiger partial charge in [-0.05, 0) is 30.2 Å². The summed E-state index contributed by atoms with van der Waals surface area (Å²) in [6.07, 6.45) is 2.44. The molecule has 0 saturated heterocycles. The van der Waals surface area contributed by atoms with Gasteiger partial charge in [0.1, 0.15) is 0 Å². The third kappa shape index (κ3) is 2.75. The minimum atomic E-state index is -0.190. The molecular weight excluding hydrogens is 252 g/mol. The van der Waals surface area contributed by atoms with E-state index in [1.807, 2.05) is 18.2 Å². The summed E-state index contributed by atoms with van der Waals surface area (Å²) in [5.41, 5.74) is 2.64. The summed E-state index contributed by atoms with van der Waals surface area (Å²) in [4.78, 5) is 25.1. The second-order valence-electron chi connectivity index (χ2n) is 5.25. The monoisotopic (exact) mass is 274 g/mol. The Morgan fingerprint density at radius 2 is 2.05 bits per heavy atom. The number of imide groups is 1. The van der Waals surface area contributed by atoms with Crippen LogP contribution in [0.25, 0.3) is 0 Å². The molecule has 0 saturated carbocycles. The van der Waals surface area contributed by atoms with Crippen molar-refractivity contribution in [2.45, 2.75) is 39.2 Å². The summed E-state index contributed by atoms with van der Waals surface area (Å²) < 4.78 is 0. The zero-order chi connectivity index (χ0) is 14.7. The maximum atomic E-state index is 12.2. The molecule has 108 valence electrons. The number of likely N-dealkylation sites (N-methyl/N-ethyl adjacent to an activating group) is 1. The minimum Gasteiger partial charge on any atom is -0.310 e. The molecule has 1 heterocycles. The molecule has 20 heavy (non-hydrogen) atoms. The molecule has 0 fully saturated rings.